The van der Waals surface area contributed by atoms with Gasteiger partial charge in [-0.1, -0.05) is 55.8 Å². The lowest BCUT2D eigenvalue weighted by atomic mass is 10.0. The normalized spacial score (nSPS) is 9.86. The summed E-state index contributed by atoms with van der Waals surface area (Å²) in [5.41, 5.74) is 3.53. The fraction of sp³-hybridized carbons (Fsp3) is 0.176. The molecule has 0 saturated heterocycles. The number of rotatable bonds is 3. The Hall–Kier alpha value is -2.13. The van der Waals surface area contributed by atoms with Gasteiger partial charge in [0.25, 0.3) is 0 Å². The summed E-state index contributed by atoms with van der Waals surface area (Å²) in [6.07, 6.45) is 3.26. The third kappa shape index (κ3) is 4.17. The molecule has 0 aliphatic heterocycles. The van der Waals surface area contributed by atoms with E-state index in [4.69, 9.17) is 11.6 Å². The van der Waals surface area contributed by atoms with Gasteiger partial charge in [0.1, 0.15) is 12.7 Å². The maximum atomic E-state index is 5.91. The molecule has 1 heterocycles. The van der Waals surface area contributed by atoms with Crippen LogP contribution in [0, 0.1) is 0 Å². The first-order valence-corrected chi connectivity index (χ1v) is 7.36. The molecule has 0 saturated carbocycles. The fourth-order valence-electron chi connectivity index (χ4n) is 1.99. The third-order valence-corrected chi connectivity index (χ3v) is 3.17. The lowest BCUT2D eigenvalue weighted by molar-refractivity contribution is 0.685. The maximum absolute atomic E-state index is 5.91. The van der Waals surface area contributed by atoms with Crippen molar-refractivity contribution < 1.29 is 0 Å². The standard InChI is InChI=1S/C15H12ClN3.C2H6/c16-15-6-4-13(5-7-15)14-3-1-2-12(8-14)9-19-11-17-10-18-19;1-2/h1-8,10-11H,9H2;1-2H3. The Morgan fingerprint density at radius 3 is 2.43 bits per heavy atom. The van der Waals surface area contributed by atoms with Gasteiger partial charge in [-0.25, -0.2) is 9.67 Å². The summed E-state index contributed by atoms with van der Waals surface area (Å²) in [6, 6.07) is 16.2. The molecule has 0 amide bonds. The van der Waals surface area contributed by atoms with E-state index in [1.807, 2.05) is 38.1 Å². The van der Waals surface area contributed by atoms with Gasteiger partial charge in [-0.2, -0.15) is 5.10 Å². The van der Waals surface area contributed by atoms with Crippen LogP contribution >= 0.6 is 11.6 Å². The van der Waals surface area contributed by atoms with Gasteiger partial charge >= 0.3 is 0 Å². The summed E-state index contributed by atoms with van der Waals surface area (Å²) in [5, 5.41) is 4.87. The Morgan fingerprint density at radius 2 is 1.76 bits per heavy atom. The van der Waals surface area contributed by atoms with Crippen LogP contribution in [0.5, 0.6) is 0 Å². The monoisotopic (exact) mass is 299 g/mol. The van der Waals surface area contributed by atoms with Gasteiger partial charge in [0.05, 0.1) is 6.54 Å². The van der Waals surface area contributed by atoms with Crippen LogP contribution in [-0.4, -0.2) is 14.8 Å². The first-order chi connectivity index (χ1) is 10.3. The summed E-state index contributed by atoms with van der Waals surface area (Å²) >= 11 is 5.91. The minimum atomic E-state index is 0.724. The van der Waals surface area contributed by atoms with Crippen molar-refractivity contribution in [3.63, 3.8) is 0 Å². The molecule has 2 aromatic carbocycles. The van der Waals surface area contributed by atoms with Crippen LogP contribution in [0.15, 0.2) is 61.2 Å². The van der Waals surface area contributed by atoms with Crippen molar-refractivity contribution in [3.05, 3.63) is 71.8 Å². The molecule has 0 aliphatic carbocycles. The molecular formula is C17H18ClN3. The molecule has 0 radical (unpaired) electrons. The van der Waals surface area contributed by atoms with E-state index in [0.29, 0.717) is 0 Å². The molecule has 21 heavy (non-hydrogen) atoms. The fourth-order valence-corrected chi connectivity index (χ4v) is 2.12. The zero-order valence-corrected chi connectivity index (χ0v) is 13.0. The summed E-state index contributed by atoms with van der Waals surface area (Å²) in [4.78, 5) is 3.95. The highest BCUT2D eigenvalue weighted by Crippen LogP contribution is 2.22. The predicted octanol–water partition coefficient (Wildman–Crippen LogP) is 4.67. The van der Waals surface area contributed by atoms with Gasteiger partial charge in [-0.3, -0.25) is 0 Å². The van der Waals surface area contributed by atoms with Gasteiger partial charge < -0.3 is 0 Å². The van der Waals surface area contributed by atoms with Crippen molar-refractivity contribution in [2.24, 2.45) is 0 Å². The van der Waals surface area contributed by atoms with Crippen LogP contribution in [-0.2, 0) is 6.54 Å². The van der Waals surface area contributed by atoms with Crippen molar-refractivity contribution in [1.29, 1.82) is 0 Å². The molecule has 0 fully saturated rings. The molecule has 0 N–H and O–H groups in total. The first-order valence-electron chi connectivity index (χ1n) is 6.98. The van der Waals surface area contributed by atoms with Crippen LogP contribution in [0.25, 0.3) is 11.1 Å². The van der Waals surface area contributed by atoms with E-state index in [0.717, 1.165) is 17.1 Å². The van der Waals surface area contributed by atoms with Crippen molar-refractivity contribution >= 4 is 11.6 Å². The number of halogens is 1. The molecular weight excluding hydrogens is 282 g/mol. The lowest BCUT2D eigenvalue weighted by Crippen LogP contribution is -1.99. The Balaban J connectivity index is 0.000000774. The molecule has 0 atom stereocenters. The highest BCUT2D eigenvalue weighted by molar-refractivity contribution is 6.30. The molecule has 1 aromatic heterocycles. The van der Waals surface area contributed by atoms with Crippen LogP contribution in [0.3, 0.4) is 0 Å². The quantitative estimate of drug-likeness (QED) is 0.703. The summed E-state index contributed by atoms with van der Waals surface area (Å²) in [6.45, 7) is 4.72. The predicted molar refractivity (Wildman–Crippen MR) is 87.4 cm³/mol. The average Bonchev–Trinajstić information content (AvgIpc) is 3.03. The van der Waals surface area contributed by atoms with E-state index in [1.54, 1.807) is 17.3 Å². The number of hydrogen-bond donors (Lipinski definition) is 0. The average molecular weight is 300 g/mol. The van der Waals surface area contributed by atoms with Crippen molar-refractivity contribution in [2.45, 2.75) is 20.4 Å². The number of hydrogen-bond acceptors (Lipinski definition) is 2. The molecule has 3 aromatic rings. The van der Waals surface area contributed by atoms with E-state index in [-0.39, 0.29) is 0 Å². The summed E-state index contributed by atoms with van der Waals surface area (Å²) < 4.78 is 1.81. The van der Waals surface area contributed by atoms with E-state index in [1.165, 1.54) is 11.1 Å². The molecule has 3 nitrogen and oxygen atoms in total. The van der Waals surface area contributed by atoms with Crippen LogP contribution in [0.1, 0.15) is 19.4 Å². The maximum Gasteiger partial charge on any atom is 0.137 e. The number of nitrogens with zero attached hydrogens (tertiary/aromatic N) is 3. The summed E-state index contributed by atoms with van der Waals surface area (Å²) in [7, 11) is 0. The minimum absolute atomic E-state index is 0.724. The second kappa shape index (κ2) is 7.60. The molecule has 0 unspecified atom stereocenters. The lowest BCUT2D eigenvalue weighted by Gasteiger charge is -2.06. The third-order valence-electron chi connectivity index (χ3n) is 2.92. The Kier molecular flexibility index (Phi) is 5.52. The second-order valence-corrected chi connectivity index (χ2v) is 4.74. The van der Waals surface area contributed by atoms with E-state index in [9.17, 15) is 0 Å². The minimum Gasteiger partial charge on any atom is -0.249 e. The number of aromatic nitrogens is 3. The van der Waals surface area contributed by atoms with E-state index >= 15 is 0 Å². The van der Waals surface area contributed by atoms with Crippen LogP contribution in [0.4, 0.5) is 0 Å². The van der Waals surface area contributed by atoms with Crippen LogP contribution < -0.4 is 0 Å². The molecule has 4 heteroatoms. The second-order valence-electron chi connectivity index (χ2n) is 4.30. The van der Waals surface area contributed by atoms with Crippen molar-refractivity contribution in [3.8, 4) is 11.1 Å². The Labute approximate surface area is 130 Å². The topological polar surface area (TPSA) is 30.7 Å². The van der Waals surface area contributed by atoms with Crippen molar-refractivity contribution in [2.75, 3.05) is 0 Å². The summed E-state index contributed by atoms with van der Waals surface area (Å²) in [5.74, 6) is 0. The Bertz CT molecular complexity index is 661. The zero-order valence-electron chi connectivity index (χ0n) is 12.2. The molecule has 108 valence electrons. The molecule has 0 bridgehead atoms. The van der Waals surface area contributed by atoms with Gasteiger partial charge in [0.15, 0.2) is 0 Å². The number of benzene rings is 2. The van der Waals surface area contributed by atoms with Crippen LogP contribution in [0.2, 0.25) is 5.02 Å². The van der Waals surface area contributed by atoms with E-state index in [2.05, 4.69) is 34.3 Å². The SMILES string of the molecule is CC.Clc1ccc(-c2cccc(Cn3cncn3)c2)cc1. The zero-order chi connectivity index (χ0) is 15.1. The van der Waals surface area contributed by atoms with Gasteiger partial charge in [-0.05, 0) is 34.9 Å². The Morgan fingerprint density at radius 1 is 1.00 bits per heavy atom. The van der Waals surface area contributed by atoms with Gasteiger partial charge in [-0.15, -0.1) is 0 Å². The van der Waals surface area contributed by atoms with E-state index < -0.39 is 0 Å². The first kappa shape index (κ1) is 15.3. The smallest absolute Gasteiger partial charge is 0.137 e. The van der Waals surface area contributed by atoms with Gasteiger partial charge in [0, 0.05) is 5.02 Å². The molecule has 0 spiro atoms. The largest absolute Gasteiger partial charge is 0.249 e. The highest BCUT2D eigenvalue weighted by atomic mass is 35.5. The van der Waals surface area contributed by atoms with Gasteiger partial charge in [0.2, 0.25) is 0 Å². The van der Waals surface area contributed by atoms with Crippen molar-refractivity contribution in [1.82, 2.24) is 14.8 Å². The molecule has 0 aliphatic rings. The molecule has 3 rings (SSSR count). The highest BCUT2D eigenvalue weighted by Gasteiger charge is 2.01.